The van der Waals surface area contributed by atoms with Gasteiger partial charge in [-0.1, -0.05) is 64.5 Å². The molecule has 0 spiro atoms. The number of amides is 1. The molecule has 0 bridgehead atoms. The van der Waals surface area contributed by atoms with Gasteiger partial charge in [-0.3, -0.25) is 4.79 Å². The van der Waals surface area contributed by atoms with E-state index in [0.717, 1.165) is 11.1 Å². The molecule has 0 aliphatic heterocycles. The molecule has 0 saturated carbocycles. The topological polar surface area (TPSA) is 81.4 Å². The van der Waals surface area contributed by atoms with Crippen molar-refractivity contribution in [1.29, 1.82) is 0 Å². The smallest absolute Gasteiger partial charge is 0.328 e. The predicted molar refractivity (Wildman–Crippen MR) is 106 cm³/mol. The average Bonchev–Trinajstić information content (AvgIpc) is 2.62. The van der Waals surface area contributed by atoms with Crippen LogP contribution >= 0.6 is 27.5 Å². The van der Waals surface area contributed by atoms with Crippen molar-refractivity contribution in [3.8, 4) is 0 Å². The molecule has 0 saturated heterocycles. The van der Waals surface area contributed by atoms with Gasteiger partial charge in [0.25, 0.3) is 0 Å². The first-order valence-corrected chi connectivity index (χ1v) is 9.41. The van der Waals surface area contributed by atoms with Gasteiger partial charge >= 0.3 is 5.97 Å². The molecule has 140 valence electrons. The third-order valence-electron chi connectivity index (χ3n) is 4.05. The van der Waals surface area contributed by atoms with E-state index in [1.165, 1.54) is 7.11 Å². The van der Waals surface area contributed by atoms with Gasteiger partial charge in [0.15, 0.2) is 0 Å². The fourth-order valence-corrected chi connectivity index (χ4v) is 3.03. The first kappa shape index (κ1) is 20.7. The summed E-state index contributed by atoms with van der Waals surface area (Å²) in [5.74, 6) is -0.905. The van der Waals surface area contributed by atoms with Crippen LogP contribution in [0.15, 0.2) is 54.1 Å². The van der Waals surface area contributed by atoms with Crippen LogP contribution in [0.25, 0.3) is 0 Å². The number of esters is 1. The Kier molecular flexibility index (Phi) is 7.43. The molecule has 7 heteroatoms. The number of carbonyl (C=O) groups excluding carboxylic acids is 2. The summed E-state index contributed by atoms with van der Waals surface area (Å²) in [4.78, 5) is 24.5. The van der Waals surface area contributed by atoms with Gasteiger partial charge in [-0.25, -0.2) is 4.79 Å². The first-order valence-electron chi connectivity index (χ1n) is 8.24. The van der Waals surface area contributed by atoms with Crippen LogP contribution in [0.1, 0.15) is 18.4 Å². The maximum atomic E-state index is 12.4. The van der Waals surface area contributed by atoms with Crippen LogP contribution in [-0.4, -0.2) is 34.9 Å². The summed E-state index contributed by atoms with van der Waals surface area (Å²) in [7, 11) is 1.29. The Morgan fingerprint density at radius 1 is 1.35 bits per heavy atom. The Labute approximate surface area is 166 Å². The summed E-state index contributed by atoms with van der Waals surface area (Å²) in [6.07, 6.45) is 6.84. The summed E-state index contributed by atoms with van der Waals surface area (Å²) in [5.41, 5.74) is 7.84. The van der Waals surface area contributed by atoms with E-state index in [0.29, 0.717) is 19.3 Å². The molecule has 0 fully saturated rings. The number of rotatable bonds is 7. The van der Waals surface area contributed by atoms with Gasteiger partial charge in [-0.15, -0.1) is 11.6 Å². The minimum absolute atomic E-state index is 0.312. The Morgan fingerprint density at radius 2 is 2.04 bits per heavy atom. The van der Waals surface area contributed by atoms with Crippen molar-refractivity contribution in [3.05, 3.63) is 59.7 Å². The number of allylic oxidation sites excluding steroid dienone is 3. The second kappa shape index (κ2) is 9.35. The average molecular weight is 442 g/mol. The lowest BCUT2D eigenvalue weighted by atomic mass is 9.99. The van der Waals surface area contributed by atoms with Gasteiger partial charge in [-0.05, 0) is 24.0 Å². The van der Waals surface area contributed by atoms with Crippen LogP contribution in [0.5, 0.6) is 0 Å². The number of ether oxygens (including phenoxy) is 1. The molecule has 1 aromatic rings. The number of methoxy groups -OCH3 is 1. The number of alkyl halides is 2. The quantitative estimate of drug-likeness (QED) is 0.503. The number of hydrogen-bond donors (Lipinski definition) is 2. The van der Waals surface area contributed by atoms with E-state index in [1.807, 2.05) is 42.5 Å². The molecule has 0 heterocycles. The van der Waals surface area contributed by atoms with Crippen molar-refractivity contribution in [2.45, 2.75) is 35.1 Å². The number of halogens is 2. The third kappa shape index (κ3) is 6.27. The van der Waals surface area contributed by atoms with Gasteiger partial charge in [-0.2, -0.15) is 0 Å². The lowest BCUT2D eigenvalue weighted by Gasteiger charge is -2.22. The van der Waals surface area contributed by atoms with Crippen LogP contribution in [-0.2, 0) is 20.7 Å². The predicted octanol–water partition coefficient (Wildman–Crippen LogP) is 2.82. The summed E-state index contributed by atoms with van der Waals surface area (Å²) >= 11 is 9.55. The highest BCUT2D eigenvalue weighted by Crippen LogP contribution is 2.34. The van der Waals surface area contributed by atoms with E-state index in [-0.39, 0.29) is 0 Å². The van der Waals surface area contributed by atoms with E-state index in [2.05, 4.69) is 21.2 Å². The molecule has 1 amide bonds. The largest absolute Gasteiger partial charge is 0.467 e. The molecule has 3 atom stereocenters. The lowest BCUT2D eigenvalue weighted by Crippen LogP contribution is -2.49. The molecule has 0 aromatic heterocycles. The second-order valence-corrected chi connectivity index (χ2v) is 8.71. The first-order chi connectivity index (χ1) is 12.3. The standard InChI is InChI=1S/C19H22BrClN2O3/c1-26-18(25)16(12-14-7-9-19(20,21)10-8-14)23-17(24)15(22)11-13-5-3-2-4-6-13/h2-9,15-16H,10-12,22H2,1H3,(H,23,24)/t15-,16-,19?/m0/s1. The second-order valence-electron chi connectivity index (χ2n) is 6.16. The normalized spacial score (nSPS) is 21.5. The van der Waals surface area contributed by atoms with Crippen LogP contribution < -0.4 is 11.1 Å². The zero-order valence-electron chi connectivity index (χ0n) is 14.5. The Morgan fingerprint density at radius 3 is 2.62 bits per heavy atom. The van der Waals surface area contributed by atoms with E-state index in [1.54, 1.807) is 6.08 Å². The van der Waals surface area contributed by atoms with E-state index in [4.69, 9.17) is 22.1 Å². The number of benzene rings is 1. The van der Waals surface area contributed by atoms with E-state index >= 15 is 0 Å². The van der Waals surface area contributed by atoms with Gasteiger partial charge < -0.3 is 15.8 Å². The molecule has 26 heavy (non-hydrogen) atoms. The lowest BCUT2D eigenvalue weighted by molar-refractivity contribution is -0.145. The van der Waals surface area contributed by atoms with Crippen LogP contribution in [0.3, 0.4) is 0 Å². The van der Waals surface area contributed by atoms with Crippen molar-refractivity contribution >= 4 is 39.4 Å². The monoisotopic (exact) mass is 440 g/mol. The highest BCUT2D eigenvalue weighted by Gasteiger charge is 2.27. The zero-order chi connectivity index (χ0) is 19.2. The number of hydrogen-bond acceptors (Lipinski definition) is 4. The molecule has 2 rings (SSSR count). The fraction of sp³-hybridized carbons (Fsp3) is 0.368. The molecule has 0 radical (unpaired) electrons. The SMILES string of the molecule is COC(=O)[C@H](CC1=CCC(Cl)(Br)C=C1)NC(=O)[C@@H](N)Cc1ccccc1. The molecular formula is C19H22BrClN2O3. The third-order valence-corrected chi connectivity index (χ3v) is 4.92. The maximum Gasteiger partial charge on any atom is 0.328 e. The Bertz CT molecular complexity index is 704. The highest BCUT2D eigenvalue weighted by molar-refractivity contribution is 9.10. The fourth-order valence-electron chi connectivity index (χ4n) is 2.59. The van der Waals surface area contributed by atoms with Gasteiger partial charge in [0, 0.05) is 6.42 Å². The molecule has 1 unspecified atom stereocenters. The van der Waals surface area contributed by atoms with Crippen molar-refractivity contribution in [3.63, 3.8) is 0 Å². The van der Waals surface area contributed by atoms with Crippen molar-refractivity contribution in [2.24, 2.45) is 5.73 Å². The number of nitrogens with one attached hydrogen (secondary N) is 1. The van der Waals surface area contributed by atoms with Crippen LogP contribution in [0, 0.1) is 0 Å². The van der Waals surface area contributed by atoms with Crippen molar-refractivity contribution < 1.29 is 14.3 Å². The Balaban J connectivity index is 1.99. The van der Waals surface area contributed by atoms with Crippen molar-refractivity contribution in [1.82, 2.24) is 5.32 Å². The van der Waals surface area contributed by atoms with Crippen molar-refractivity contribution in [2.75, 3.05) is 7.11 Å². The van der Waals surface area contributed by atoms with E-state index in [9.17, 15) is 9.59 Å². The minimum Gasteiger partial charge on any atom is -0.467 e. The number of nitrogens with two attached hydrogens (primary N) is 1. The highest BCUT2D eigenvalue weighted by atomic mass is 79.9. The summed E-state index contributed by atoms with van der Waals surface area (Å²) < 4.78 is 4.21. The molecule has 1 aliphatic rings. The zero-order valence-corrected chi connectivity index (χ0v) is 16.8. The molecule has 5 nitrogen and oxygen atoms in total. The van der Waals surface area contributed by atoms with Gasteiger partial charge in [0.2, 0.25) is 5.91 Å². The summed E-state index contributed by atoms with van der Waals surface area (Å²) in [5, 5.41) is 2.70. The molecular weight excluding hydrogens is 420 g/mol. The van der Waals surface area contributed by atoms with Gasteiger partial charge in [0.05, 0.1) is 13.2 Å². The molecule has 1 aliphatic carbocycles. The molecule has 3 N–H and O–H groups in total. The molecule has 1 aromatic carbocycles. The van der Waals surface area contributed by atoms with Gasteiger partial charge in [0.1, 0.15) is 9.83 Å². The van der Waals surface area contributed by atoms with Crippen LogP contribution in [0.4, 0.5) is 0 Å². The number of carbonyl (C=O) groups is 2. The van der Waals surface area contributed by atoms with Crippen LogP contribution in [0.2, 0.25) is 0 Å². The summed E-state index contributed by atoms with van der Waals surface area (Å²) in [6, 6.07) is 7.93. The summed E-state index contributed by atoms with van der Waals surface area (Å²) in [6.45, 7) is 0. The minimum atomic E-state index is -0.802. The Hall–Kier alpha value is -1.63. The van der Waals surface area contributed by atoms with E-state index < -0.39 is 27.7 Å². The maximum absolute atomic E-state index is 12.4.